The Hall–Kier alpha value is -3.46. The van der Waals surface area contributed by atoms with Crippen LogP contribution in [0.4, 0.5) is 0 Å². The van der Waals surface area contributed by atoms with Crippen molar-refractivity contribution in [3.63, 3.8) is 0 Å². The van der Waals surface area contributed by atoms with Crippen LogP contribution in [-0.4, -0.2) is 87.8 Å². The van der Waals surface area contributed by atoms with E-state index in [1.165, 1.54) is 6.92 Å². The van der Waals surface area contributed by atoms with Crippen LogP contribution in [0.25, 0.3) is 0 Å². The van der Waals surface area contributed by atoms with Crippen molar-refractivity contribution in [1.29, 1.82) is 0 Å². The van der Waals surface area contributed by atoms with Crippen molar-refractivity contribution >= 4 is 35.6 Å². The minimum Gasteiger partial charge on any atom is -0.481 e. The quantitative estimate of drug-likeness (QED) is 0.0679. The summed E-state index contributed by atoms with van der Waals surface area (Å²) in [6.07, 6.45) is -2.09. The molecule has 0 spiro atoms. The number of carboxylic acids is 2. The van der Waals surface area contributed by atoms with Crippen LogP contribution in [0.3, 0.4) is 0 Å². The Bertz CT molecular complexity index is 722. The van der Waals surface area contributed by atoms with E-state index in [2.05, 4.69) is 15.6 Å². The van der Waals surface area contributed by atoms with E-state index in [9.17, 15) is 29.1 Å². The van der Waals surface area contributed by atoms with Gasteiger partial charge in [-0.1, -0.05) is 0 Å². The van der Waals surface area contributed by atoms with Gasteiger partial charge in [0.25, 0.3) is 0 Å². The van der Waals surface area contributed by atoms with E-state index in [1.54, 1.807) is 0 Å². The number of aliphatic hydroxyl groups excluding tert-OH is 1. The number of amides is 3. The third kappa shape index (κ3) is 11.1. The first-order valence-corrected chi connectivity index (χ1v) is 9.61. The van der Waals surface area contributed by atoms with Crippen molar-refractivity contribution < 1.29 is 39.3 Å². The van der Waals surface area contributed by atoms with Gasteiger partial charge >= 0.3 is 11.9 Å². The molecule has 182 valence electrons. The van der Waals surface area contributed by atoms with Gasteiger partial charge < -0.3 is 48.5 Å². The normalized spacial score (nSPS) is 15.2. The maximum absolute atomic E-state index is 12.7. The summed E-state index contributed by atoms with van der Waals surface area (Å²) in [5.41, 5.74) is 15.9. The zero-order chi connectivity index (χ0) is 25.0. The van der Waals surface area contributed by atoms with Gasteiger partial charge in [0.2, 0.25) is 17.7 Å². The van der Waals surface area contributed by atoms with Gasteiger partial charge in [-0.15, -0.1) is 0 Å². The Morgan fingerprint density at radius 1 is 0.906 bits per heavy atom. The number of nitrogens with one attached hydrogen (secondary N) is 3. The Labute approximate surface area is 183 Å². The highest BCUT2D eigenvalue weighted by Gasteiger charge is 2.33. The molecule has 15 heteroatoms. The molecule has 12 N–H and O–H groups in total. The van der Waals surface area contributed by atoms with E-state index < -0.39 is 66.4 Å². The number of guanidine groups is 1. The van der Waals surface area contributed by atoms with Crippen LogP contribution in [0.5, 0.6) is 0 Å². The van der Waals surface area contributed by atoms with E-state index in [4.69, 9.17) is 27.4 Å². The molecule has 0 bridgehead atoms. The minimum atomic E-state index is -1.79. The average Bonchev–Trinajstić information content (AvgIpc) is 2.66. The van der Waals surface area contributed by atoms with E-state index in [0.717, 1.165) is 6.92 Å². The number of rotatable bonds is 14. The topological polar surface area (TPSA) is 273 Å². The summed E-state index contributed by atoms with van der Waals surface area (Å²) in [6, 6.07) is -5.53. The Kier molecular flexibility index (Phi) is 12.3. The lowest BCUT2D eigenvalue weighted by Crippen LogP contribution is -2.59. The predicted octanol–water partition coefficient (Wildman–Crippen LogP) is -4.22. The van der Waals surface area contributed by atoms with Crippen LogP contribution in [0.15, 0.2) is 4.99 Å². The summed E-state index contributed by atoms with van der Waals surface area (Å²) >= 11 is 0. The smallest absolute Gasteiger partial charge is 0.326 e. The number of aliphatic carboxylic acids is 2. The Morgan fingerprint density at radius 2 is 1.47 bits per heavy atom. The minimum absolute atomic E-state index is 0.0476. The second-order valence-corrected chi connectivity index (χ2v) is 7.02. The highest BCUT2D eigenvalue weighted by Crippen LogP contribution is 2.03. The molecule has 5 unspecified atom stereocenters. The molecule has 0 aliphatic heterocycles. The molecule has 0 aromatic heterocycles. The molecule has 0 saturated heterocycles. The molecule has 0 aliphatic carbocycles. The van der Waals surface area contributed by atoms with Crippen molar-refractivity contribution in [2.75, 3.05) is 6.54 Å². The molecule has 3 amide bonds. The van der Waals surface area contributed by atoms with Gasteiger partial charge in [0.15, 0.2) is 5.96 Å². The summed E-state index contributed by atoms with van der Waals surface area (Å²) < 4.78 is 0. The highest BCUT2D eigenvalue weighted by molar-refractivity contribution is 5.94. The molecule has 0 radical (unpaired) electrons. The third-order valence-electron chi connectivity index (χ3n) is 4.05. The standard InChI is InChI=1S/C17H31N7O8/c1-7(18)13(28)22-9(4-3-5-21-17(19)20)14(29)24-12(8(2)25)15(30)23-10(16(31)32)6-11(26)27/h7-10,12,25H,3-6,18H2,1-2H3,(H,22,28)(H,23,30)(H,24,29)(H,26,27)(H,31,32)(H4,19,20,21). The van der Waals surface area contributed by atoms with Crippen LogP contribution in [0, 0.1) is 0 Å². The lowest BCUT2D eigenvalue weighted by molar-refractivity contribution is -0.148. The van der Waals surface area contributed by atoms with Gasteiger partial charge in [-0.3, -0.25) is 24.2 Å². The van der Waals surface area contributed by atoms with Crippen LogP contribution in [0.2, 0.25) is 0 Å². The largest absolute Gasteiger partial charge is 0.481 e. The second kappa shape index (κ2) is 13.8. The zero-order valence-corrected chi connectivity index (χ0v) is 17.8. The third-order valence-corrected chi connectivity index (χ3v) is 4.05. The van der Waals surface area contributed by atoms with Gasteiger partial charge in [0, 0.05) is 6.54 Å². The van der Waals surface area contributed by atoms with Crippen molar-refractivity contribution in [3.8, 4) is 0 Å². The van der Waals surface area contributed by atoms with Gasteiger partial charge in [-0.25, -0.2) is 4.79 Å². The monoisotopic (exact) mass is 461 g/mol. The van der Waals surface area contributed by atoms with Gasteiger partial charge in [-0.05, 0) is 26.7 Å². The molecule has 0 saturated carbocycles. The van der Waals surface area contributed by atoms with Crippen LogP contribution < -0.4 is 33.2 Å². The van der Waals surface area contributed by atoms with E-state index in [-0.39, 0.29) is 25.3 Å². The summed E-state index contributed by atoms with van der Waals surface area (Å²) in [5.74, 6) is -5.90. The number of nitrogens with zero attached hydrogens (tertiary/aromatic N) is 1. The highest BCUT2D eigenvalue weighted by atomic mass is 16.4. The zero-order valence-electron chi connectivity index (χ0n) is 17.8. The molecule has 0 fully saturated rings. The summed E-state index contributed by atoms with van der Waals surface area (Å²) in [6.45, 7) is 2.70. The maximum Gasteiger partial charge on any atom is 0.326 e. The summed E-state index contributed by atoms with van der Waals surface area (Å²) in [5, 5.41) is 34.3. The number of carbonyl (C=O) groups is 5. The SMILES string of the molecule is CC(N)C(=O)NC(CCCN=C(N)N)C(=O)NC(C(=O)NC(CC(=O)O)C(=O)O)C(C)O. The van der Waals surface area contributed by atoms with Gasteiger partial charge in [0.1, 0.15) is 18.1 Å². The molecule has 0 aliphatic rings. The number of carbonyl (C=O) groups excluding carboxylic acids is 3. The van der Waals surface area contributed by atoms with E-state index in [1.807, 2.05) is 5.32 Å². The van der Waals surface area contributed by atoms with Crippen molar-refractivity contribution in [1.82, 2.24) is 16.0 Å². The lowest BCUT2D eigenvalue weighted by Gasteiger charge is -2.26. The first kappa shape index (κ1) is 28.5. The van der Waals surface area contributed by atoms with E-state index >= 15 is 0 Å². The second-order valence-electron chi connectivity index (χ2n) is 7.02. The molecular formula is C17H31N7O8. The van der Waals surface area contributed by atoms with Crippen LogP contribution in [-0.2, 0) is 24.0 Å². The van der Waals surface area contributed by atoms with Crippen LogP contribution >= 0.6 is 0 Å². The fraction of sp³-hybridized carbons (Fsp3) is 0.647. The molecular weight excluding hydrogens is 430 g/mol. The van der Waals surface area contributed by atoms with E-state index in [0.29, 0.717) is 0 Å². The fourth-order valence-electron chi connectivity index (χ4n) is 2.37. The molecule has 5 atom stereocenters. The molecule has 0 heterocycles. The molecule has 15 nitrogen and oxygen atoms in total. The summed E-state index contributed by atoms with van der Waals surface area (Å²) in [4.78, 5) is 62.7. The van der Waals surface area contributed by atoms with Crippen LogP contribution in [0.1, 0.15) is 33.1 Å². The number of nitrogens with two attached hydrogens (primary N) is 3. The number of aliphatic hydroxyl groups is 1. The lowest BCUT2D eigenvalue weighted by atomic mass is 10.1. The first-order chi connectivity index (χ1) is 14.8. The number of hydrogen-bond donors (Lipinski definition) is 9. The molecule has 0 aromatic carbocycles. The van der Waals surface area contributed by atoms with Gasteiger partial charge in [0.05, 0.1) is 18.6 Å². The summed E-state index contributed by atoms with van der Waals surface area (Å²) in [7, 11) is 0. The fourth-order valence-corrected chi connectivity index (χ4v) is 2.37. The molecule has 0 aromatic rings. The molecule has 0 rings (SSSR count). The average molecular weight is 461 g/mol. The Morgan fingerprint density at radius 3 is 1.91 bits per heavy atom. The number of aliphatic imine (C=N–C) groups is 1. The predicted molar refractivity (Wildman–Crippen MR) is 111 cm³/mol. The number of carboxylic acid groups (broad SMARTS) is 2. The number of hydrogen-bond acceptors (Lipinski definition) is 8. The van der Waals surface area contributed by atoms with Crippen molar-refractivity contribution in [3.05, 3.63) is 0 Å². The van der Waals surface area contributed by atoms with Crippen molar-refractivity contribution in [2.24, 2.45) is 22.2 Å². The first-order valence-electron chi connectivity index (χ1n) is 9.61. The van der Waals surface area contributed by atoms with Crippen molar-refractivity contribution in [2.45, 2.75) is 63.4 Å². The Balaban J connectivity index is 5.40. The molecule has 32 heavy (non-hydrogen) atoms. The maximum atomic E-state index is 12.7. The van der Waals surface area contributed by atoms with Gasteiger partial charge in [-0.2, -0.15) is 0 Å².